The van der Waals surface area contributed by atoms with Gasteiger partial charge in [0.1, 0.15) is 5.75 Å². The fraction of sp³-hybridized carbons (Fsp3) is 0.211. The van der Waals surface area contributed by atoms with Crippen LogP contribution in [0.2, 0.25) is 0 Å². The summed E-state index contributed by atoms with van der Waals surface area (Å²) >= 11 is 3.46. The number of nitrogens with zero attached hydrogens (tertiary/aromatic N) is 1. The Bertz CT molecular complexity index is 814. The molecule has 3 N–H and O–H groups in total. The van der Waals surface area contributed by atoms with Gasteiger partial charge in [0.15, 0.2) is 5.96 Å². The van der Waals surface area contributed by atoms with Gasteiger partial charge in [-0.15, -0.1) is 46.7 Å². The molecule has 0 amide bonds. The lowest BCUT2D eigenvalue weighted by molar-refractivity contribution is 0.415. The molecule has 0 saturated carbocycles. The largest absolute Gasteiger partial charge is 0.497 e. The maximum absolute atomic E-state index is 5.94. The molecule has 0 atom stereocenters. The standard InChI is InChI=1S/C19H21N3OS2.HI/c1-23-16-6-4-14(5-7-16)15-11-18(25-13-15)12-22-19(20)21-9-8-17-3-2-10-24-17;/h2-7,10-11,13H,8-9,12H2,1H3,(H3,20,21,22);1H. The van der Waals surface area contributed by atoms with Gasteiger partial charge in [-0.3, -0.25) is 0 Å². The van der Waals surface area contributed by atoms with Crippen molar-refractivity contribution in [1.82, 2.24) is 5.32 Å². The lowest BCUT2D eigenvalue weighted by atomic mass is 10.1. The number of rotatable bonds is 7. The van der Waals surface area contributed by atoms with Gasteiger partial charge in [-0.25, -0.2) is 4.99 Å². The van der Waals surface area contributed by atoms with Gasteiger partial charge in [-0.05, 0) is 52.6 Å². The first-order valence-electron chi connectivity index (χ1n) is 8.02. The number of halogens is 1. The highest BCUT2D eigenvalue weighted by atomic mass is 127. The predicted molar refractivity (Wildman–Crippen MR) is 123 cm³/mol. The summed E-state index contributed by atoms with van der Waals surface area (Å²) in [6.07, 6.45) is 0.967. The third kappa shape index (κ3) is 6.00. The first kappa shape index (κ1) is 20.7. The quantitative estimate of drug-likeness (QED) is 0.280. The van der Waals surface area contributed by atoms with Crippen molar-refractivity contribution in [2.24, 2.45) is 10.7 Å². The second-order valence-corrected chi connectivity index (χ2v) is 7.52. The summed E-state index contributed by atoms with van der Waals surface area (Å²) in [6.45, 7) is 1.40. The molecule has 0 bridgehead atoms. The third-order valence-electron chi connectivity index (χ3n) is 3.74. The number of guanidine groups is 1. The van der Waals surface area contributed by atoms with Crippen molar-refractivity contribution in [3.05, 3.63) is 63.0 Å². The SMILES string of the molecule is COc1ccc(-c2csc(CN=C(N)NCCc3cccs3)c2)cc1.I. The zero-order chi connectivity index (χ0) is 17.5. The minimum Gasteiger partial charge on any atom is -0.497 e. The van der Waals surface area contributed by atoms with Crippen molar-refractivity contribution in [1.29, 1.82) is 0 Å². The third-order valence-corrected chi connectivity index (χ3v) is 5.60. The molecular formula is C19H22IN3OS2. The predicted octanol–water partition coefficient (Wildman–Crippen LogP) is 4.75. The molecule has 0 aliphatic carbocycles. The molecule has 0 fully saturated rings. The molecule has 0 aliphatic rings. The summed E-state index contributed by atoms with van der Waals surface area (Å²) in [5.41, 5.74) is 8.32. The Morgan fingerprint density at radius 3 is 2.62 bits per heavy atom. The summed E-state index contributed by atoms with van der Waals surface area (Å²) in [4.78, 5) is 6.96. The molecule has 2 aromatic heterocycles. The number of nitrogens with one attached hydrogen (secondary N) is 1. The van der Waals surface area contributed by atoms with E-state index in [4.69, 9.17) is 10.5 Å². The number of nitrogens with two attached hydrogens (primary N) is 1. The highest BCUT2D eigenvalue weighted by molar-refractivity contribution is 14.0. The van der Waals surface area contributed by atoms with Gasteiger partial charge >= 0.3 is 0 Å². The zero-order valence-corrected chi connectivity index (χ0v) is 18.4. The molecule has 26 heavy (non-hydrogen) atoms. The van der Waals surface area contributed by atoms with Gasteiger partial charge < -0.3 is 15.8 Å². The highest BCUT2D eigenvalue weighted by Crippen LogP contribution is 2.27. The minimum absolute atomic E-state index is 0. The van der Waals surface area contributed by atoms with Crippen LogP contribution in [0.1, 0.15) is 9.75 Å². The Kier molecular flexibility index (Phi) is 8.40. The Morgan fingerprint density at radius 1 is 1.12 bits per heavy atom. The van der Waals surface area contributed by atoms with Crippen molar-refractivity contribution in [2.75, 3.05) is 13.7 Å². The number of benzene rings is 1. The van der Waals surface area contributed by atoms with E-state index in [9.17, 15) is 0 Å². The van der Waals surface area contributed by atoms with Gasteiger partial charge in [0.2, 0.25) is 0 Å². The molecule has 138 valence electrons. The van der Waals surface area contributed by atoms with Gasteiger partial charge in [0.05, 0.1) is 13.7 Å². The Labute approximate surface area is 179 Å². The second-order valence-electron chi connectivity index (χ2n) is 5.49. The smallest absolute Gasteiger partial charge is 0.188 e. The van der Waals surface area contributed by atoms with Gasteiger partial charge in [-0.1, -0.05) is 18.2 Å². The van der Waals surface area contributed by atoms with Crippen LogP contribution in [0, 0.1) is 0 Å². The second kappa shape index (κ2) is 10.5. The fourth-order valence-corrected chi connectivity index (χ4v) is 3.91. The number of thiophene rings is 2. The van der Waals surface area contributed by atoms with Crippen LogP contribution in [0.15, 0.2) is 58.2 Å². The first-order chi connectivity index (χ1) is 12.2. The number of aliphatic imine (C=N–C) groups is 1. The molecule has 7 heteroatoms. The molecule has 0 unspecified atom stereocenters. The summed E-state index contributed by atoms with van der Waals surface area (Å²) in [5.74, 6) is 1.36. The van der Waals surface area contributed by atoms with E-state index in [2.05, 4.69) is 51.4 Å². The fourth-order valence-electron chi connectivity index (χ4n) is 2.39. The van der Waals surface area contributed by atoms with E-state index in [1.54, 1.807) is 29.8 Å². The molecule has 2 heterocycles. The van der Waals surface area contributed by atoms with Crippen LogP contribution in [-0.4, -0.2) is 19.6 Å². The van der Waals surface area contributed by atoms with Crippen molar-refractivity contribution in [3.8, 4) is 16.9 Å². The summed E-state index contributed by atoms with van der Waals surface area (Å²) < 4.78 is 5.20. The molecular weight excluding hydrogens is 477 g/mol. The van der Waals surface area contributed by atoms with E-state index >= 15 is 0 Å². The van der Waals surface area contributed by atoms with Crippen LogP contribution >= 0.6 is 46.7 Å². The summed E-state index contributed by atoms with van der Waals surface area (Å²) in [7, 11) is 1.68. The Balaban J connectivity index is 0.00000243. The Morgan fingerprint density at radius 2 is 1.92 bits per heavy atom. The van der Waals surface area contributed by atoms with E-state index in [1.807, 2.05) is 12.1 Å². The molecule has 3 rings (SSSR count). The molecule has 3 aromatic rings. The Hall–Kier alpha value is -1.58. The van der Waals surface area contributed by atoms with Crippen LogP contribution in [0.25, 0.3) is 11.1 Å². The molecule has 0 saturated heterocycles. The normalized spacial score (nSPS) is 11.0. The van der Waals surface area contributed by atoms with Crippen LogP contribution in [0.3, 0.4) is 0 Å². The number of hydrogen-bond acceptors (Lipinski definition) is 4. The number of ether oxygens (including phenoxy) is 1. The van der Waals surface area contributed by atoms with E-state index in [0.29, 0.717) is 12.5 Å². The van der Waals surface area contributed by atoms with Gasteiger partial charge in [0.25, 0.3) is 0 Å². The average molecular weight is 499 g/mol. The summed E-state index contributed by atoms with van der Waals surface area (Å²) in [5, 5.41) is 7.40. The van der Waals surface area contributed by atoms with Crippen molar-refractivity contribution < 1.29 is 4.74 Å². The molecule has 0 aliphatic heterocycles. The topological polar surface area (TPSA) is 59.6 Å². The van der Waals surface area contributed by atoms with Gasteiger partial charge in [-0.2, -0.15) is 0 Å². The van der Waals surface area contributed by atoms with E-state index in [-0.39, 0.29) is 24.0 Å². The molecule has 0 radical (unpaired) electrons. The first-order valence-corrected chi connectivity index (χ1v) is 9.78. The van der Waals surface area contributed by atoms with E-state index in [1.165, 1.54) is 20.9 Å². The lowest BCUT2D eigenvalue weighted by Gasteiger charge is -2.04. The average Bonchev–Trinajstić information content (AvgIpc) is 3.32. The minimum atomic E-state index is 0. The van der Waals surface area contributed by atoms with Crippen LogP contribution < -0.4 is 15.8 Å². The van der Waals surface area contributed by atoms with E-state index in [0.717, 1.165) is 18.7 Å². The van der Waals surface area contributed by atoms with Crippen molar-refractivity contribution in [3.63, 3.8) is 0 Å². The van der Waals surface area contributed by atoms with Crippen LogP contribution in [-0.2, 0) is 13.0 Å². The zero-order valence-electron chi connectivity index (χ0n) is 14.5. The maximum Gasteiger partial charge on any atom is 0.188 e. The highest BCUT2D eigenvalue weighted by Gasteiger charge is 2.03. The van der Waals surface area contributed by atoms with Crippen molar-refractivity contribution in [2.45, 2.75) is 13.0 Å². The molecule has 0 spiro atoms. The molecule has 4 nitrogen and oxygen atoms in total. The summed E-state index contributed by atoms with van der Waals surface area (Å²) in [6, 6.07) is 14.4. The van der Waals surface area contributed by atoms with Crippen LogP contribution in [0.5, 0.6) is 5.75 Å². The maximum atomic E-state index is 5.94. The lowest BCUT2D eigenvalue weighted by Crippen LogP contribution is -2.33. The van der Waals surface area contributed by atoms with Gasteiger partial charge in [0, 0.05) is 16.3 Å². The van der Waals surface area contributed by atoms with Crippen LogP contribution in [0.4, 0.5) is 0 Å². The number of methoxy groups -OCH3 is 1. The monoisotopic (exact) mass is 499 g/mol. The number of hydrogen-bond donors (Lipinski definition) is 2. The van der Waals surface area contributed by atoms with Crippen molar-refractivity contribution >= 4 is 52.6 Å². The molecule has 1 aromatic carbocycles. The van der Waals surface area contributed by atoms with E-state index < -0.39 is 0 Å².